The highest BCUT2D eigenvalue weighted by atomic mass is 32.2. The maximum absolute atomic E-state index is 12.3. The molecule has 3 nitrogen and oxygen atoms in total. The molecule has 0 bridgehead atoms. The van der Waals surface area contributed by atoms with E-state index >= 15 is 0 Å². The molecule has 0 unspecified atom stereocenters. The van der Waals surface area contributed by atoms with E-state index in [1.807, 2.05) is 28.8 Å². The van der Waals surface area contributed by atoms with Crippen molar-refractivity contribution in [1.82, 2.24) is 4.57 Å². The predicted molar refractivity (Wildman–Crippen MR) is 69.5 cm³/mol. The highest BCUT2D eigenvalue weighted by Gasteiger charge is 2.18. The van der Waals surface area contributed by atoms with Gasteiger partial charge in [-0.05, 0) is 17.9 Å². The van der Waals surface area contributed by atoms with Gasteiger partial charge in [-0.3, -0.25) is 4.79 Å². The number of benzene rings is 1. The highest BCUT2D eigenvalue weighted by molar-refractivity contribution is 7.99. The molecule has 0 saturated carbocycles. The van der Waals surface area contributed by atoms with Gasteiger partial charge in [0.25, 0.3) is 5.56 Å². The fourth-order valence-corrected chi connectivity index (χ4v) is 3.51. The minimum atomic E-state index is -0.0108. The lowest BCUT2D eigenvalue weighted by Crippen LogP contribution is -2.26. The molecule has 1 aromatic heterocycles. The molecule has 0 fully saturated rings. The molecule has 2 heterocycles. The summed E-state index contributed by atoms with van der Waals surface area (Å²) < 4.78 is 1.81. The van der Waals surface area contributed by atoms with Crippen molar-refractivity contribution in [3.63, 3.8) is 0 Å². The fourth-order valence-electron chi connectivity index (χ4n) is 2.36. The van der Waals surface area contributed by atoms with Crippen LogP contribution in [0.2, 0.25) is 0 Å². The van der Waals surface area contributed by atoms with Gasteiger partial charge in [-0.15, -0.1) is 11.8 Å². The van der Waals surface area contributed by atoms with Gasteiger partial charge in [0.05, 0.1) is 11.6 Å². The third kappa shape index (κ3) is 1.59. The molecule has 1 aliphatic heterocycles. The smallest absolute Gasteiger partial charge is 0.259 e. The number of nitrogens with zero attached hydrogens (tertiary/aromatic N) is 1. The van der Waals surface area contributed by atoms with E-state index in [2.05, 4.69) is 0 Å². The molecule has 1 aromatic carbocycles. The van der Waals surface area contributed by atoms with Crippen LogP contribution in [0.3, 0.4) is 0 Å². The van der Waals surface area contributed by atoms with E-state index < -0.39 is 0 Å². The molecule has 3 rings (SSSR count). The van der Waals surface area contributed by atoms with Gasteiger partial charge in [0, 0.05) is 23.2 Å². The van der Waals surface area contributed by atoms with Crippen LogP contribution < -0.4 is 5.56 Å². The van der Waals surface area contributed by atoms with Gasteiger partial charge in [-0.1, -0.05) is 18.2 Å². The zero-order valence-corrected chi connectivity index (χ0v) is 10.2. The number of thioether (sulfide) groups is 1. The molecule has 0 saturated heterocycles. The number of pyridine rings is 1. The monoisotopic (exact) mass is 247 g/mol. The van der Waals surface area contributed by atoms with E-state index in [0.29, 0.717) is 5.39 Å². The van der Waals surface area contributed by atoms with Gasteiger partial charge in [-0.25, -0.2) is 0 Å². The van der Waals surface area contributed by atoms with Crippen LogP contribution in [0.1, 0.15) is 12.0 Å². The Morgan fingerprint density at radius 2 is 2.06 bits per heavy atom. The molecule has 17 heavy (non-hydrogen) atoms. The number of rotatable bonds is 1. The van der Waals surface area contributed by atoms with Gasteiger partial charge in [0.15, 0.2) is 0 Å². The SMILES string of the molecule is O=c1c2ccccc2c(CO)c2n1CCCS2. The summed E-state index contributed by atoms with van der Waals surface area (Å²) in [4.78, 5) is 12.3. The molecule has 88 valence electrons. The zero-order chi connectivity index (χ0) is 11.8. The Kier molecular flexibility index (Phi) is 2.68. The number of fused-ring (bicyclic) bond motifs is 2. The Hall–Kier alpha value is -1.26. The lowest BCUT2D eigenvalue weighted by Gasteiger charge is -2.21. The van der Waals surface area contributed by atoms with E-state index in [-0.39, 0.29) is 12.2 Å². The third-order valence-electron chi connectivity index (χ3n) is 3.15. The van der Waals surface area contributed by atoms with E-state index in [0.717, 1.165) is 34.7 Å². The van der Waals surface area contributed by atoms with Crippen molar-refractivity contribution in [2.75, 3.05) is 5.75 Å². The summed E-state index contributed by atoms with van der Waals surface area (Å²) in [5.41, 5.74) is 0.963. The number of aromatic nitrogens is 1. The first-order valence-electron chi connectivity index (χ1n) is 5.71. The van der Waals surface area contributed by atoms with Crippen molar-refractivity contribution in [2.45, 2.75) is 24.6 Å². The Bertz CT molecular complexity index is 633. The van der Waals surface area contributed by atoms with Crippen molar-refractivity contribution in [1.29, 1.82) is 0 Å². The summed E-state index contributed by atoms with van der Waals surface area (Å²) in [7, 11) is 0. The molecule has 0 radical (unpaired) electrons. The number of hydrogen-bond donors (Lipinski definition) is 1. The van der Waals surface area contributed by atoms with E-state index in [1.165, 1.54) is 0 Å². The maximum Gasteiger partial charge on any atom is 0.259 e. The Morgan fingerprint density at radius 1 is 1.29 bits per heavy atom. The molecule has 0 spiro atoms. The van der Waals surface area contributed by atoms with E-state index in [9.17, 15) is 9.90 Å². The molecule has 0 atom stereocenters. The van der Waals surface area contributed by atoms with Crippen molar-refractivity contribution < 1.29 is 5.11 Å². The van der Waals surface area contributed by atoms with Gasteiger partial charge in [0.2, 0.25) is 0 Å². The standard InChI is InChI=1S/C13H13NO2S/c15-8-11-9-4-1-2-5-10(9)12(16)14-6-3-7-17-13(11)14/h1-2,4-5,15H,3,6-8H2. The topological polar surface area (TPSA) is 42.2 Å². The minimum Gasteiger partial charge on any atom is -0.392 e. The average Bonchev–Trinajstić information content (AvgIpc) is 2.40. The van der Waals surface area contributed by atoms with Gasteiger partial charge in [-0.2, -0.15) is 0 Å². The molecular weight excluding hydrogens is 234 g/mol. The normalized spacial score (nSPS) is 14.9. The van der Waals surface area contributed by atoms with Gasteiger partial charge >= 0.3 is 0 Å². The first-order chi connectivity index (χ1) is 8.33. The molecule has 1 aliphatic rings. The summed E-state index contributed by atoms with van der Waals surface area (Å²) in [5, 5.41) is 12.1. The number of hydrogen-bond acceptors (Lipinski definition) is 3. The van der Waals surface area contributed by atoms with Crippen LogP contribution in [0, 0.1) is 0 Å². The van der Waals surface area contributed by atoms with Crippen LogP contribution in [0.25, 0.3) is 10.8 Å². The second-order valence-corrected chi connectivity index (χ2v) is 5.23. The maximum atomic E-state index is 12.3. The average molecular weight is 247 g/mol. The quantitative estimate of drug-likeness (QED) is 0.838. The molecule has 4 heteroatoms. The van der Waals surface area contributed by atoms with Crippen molar-refractivity contribution >= 4 is 22.5 Å². The van der Waals surface area contributed by atoms with Crippen LogP contribution >= 0.6 is 11.8 Å². The third-order valence-corrected chi connectivity index (χ3v) is 4.39. The molecule has 0 aliphatic carbocycles. The summed E-state index contributed by atoms with van der Waals surface area (Å²) in [6.45, 7) is 0.752. The van der Waals surface area contributed by atoms with Gasteiger partial charge < -0.3 is 9.67 Å². The second-order valence-electron chi connectivity index (χ2n) is 4.15. The summed E-state index contributed by atoms with van der Waals surface area (Å²) in [6, 6.07) is 7.53. The molecule has 1 N–H and O–H groups in total. The van der Waals surface area contributed by atoms with Crippen molar-refractivity contribution in [3.05, 3.63) is 40.2 Å². The fraction of sp³-hybridized carbons (Fsp3) is 0.308. The molecule has 2 aromatic rings. The lowest BCUT2D eigenvalue weighted by atomic mass is 10.1. The summed E-state index contributed by atoms with van der Waals surface area (Å²) in [5.74, 6) is 1.02. The van der Waals surface area contributed by atoms with Crippen LogP contribution in [0.15, 0.2) is 34.1 Å². The van der Waals surface area contributed by atoms with E-state index in [4.69, 9.17) is 0 Å². The van der Waals surface area contributed by atoms with Crippen LogP contribution in [0.4, 0.5) is 0 Å². The minimum absolute atomic E-state index is 0.0108. The van der Waals surface area contributed by atoms with Crippen molar-refractivity contribution in [3.8, 4) is 0 Å². The summed E-state index contributed by atoms with van der Waals surface area (Å²) >= 11 is 1.67. The summed E-state index contributed by atoms with van der Waals surface area (Å²) in [6.07, 6.45) is 1.01. The van der Waals surface area contributed by atoms with E-state index in [1.54, 1.807) is 11.8 Å². The molecule has 0 amide bonds. The van der Waals surface area contributed by atoms with Crippen molar-refractivity contribution in [2.24, 2.45) is 0 Å². The van der Waals surface area contributed by atoms with Crippen LogP contribution in [-0.2, 0) is 13.2 Å². The zero-order valence-electron chi connectivity index (χ0n) is 9.35. The second kappa shape index (κ2) is 4.20. The number of aliphatic hydroxyl groups is 1. The predicted octanol–water partition coefficient (Wildman–Crippen LogP) is 1.99. The lowest BCUT2D eigenvalue weighted by molar-refractivity contribution is 0.277. The Labute approximate surface area is 103 Å². The number of aliphatic hydroxyl groups excluding tert-OH is 1. The first-order valence-corrected chi connectivity index (χ1v) is 6.69. The highest BCUT2D eigenvalue weighted by Crippen LogP contribution is 2.31. The van der Waals surface area contributed by atoms with Gasteiger partial charge in [0.1, 0.15) is 0 Å². The Balaban J connectivity index is 2.47. The molecular formula is C13H13NO2S. The largest absolute Gasteiger partial charge is 0.392 e. The van der Waals surface area contributed by atoms with Crippen LogP contribution in [0.5, 0.6) is 0 Å². The first kappa shape index (κ1) is 10.9. The van der Waals surface area contributed by atoms with Crippen LogP contribution in [-0.4, -0.2) is 15.4 Å². The Morgan fingerprint density at radius 3 is 2.82 bits per heavy atom.